The molecule has 0 aliphatic carbocycles. The Morgan fingerprint density at radius 1 is 1.13 bits per heavy atom. The van der Waals surface area contributed by atoms with Gasteiger partial charge >= 0.3 is 5.22 Å². The van der Waals surface area contributed by atoms with Crippen LogP contribution in [-0.2, 0) is 22.0 Å². The molecule has 0 radical (unpaired) electrons. The number of aromatic nitrogens is 2. The van der Waals surface area contributed by atoms with Crippen molar-refractivity contribution in [2.75, 3.05) is 6.54 Å². The molecule has 1 heterocycles. The highest BCUT2D eigenvalue weighted by atomic mass is 32.2. The second kappa shape index (κ2) is 7.70. The Labute approximate surface area is 137 Å². The van der Waals surface area contributed by atoms with Crippen molar-refractivity contribution >= 4 is 9.84 Å². The number of hydrogen-bond donors (Lipinski definition) is 1. The third-order valence-corrected chi connectivity index (χ3v) is 5.05. The molecule has 0 bridgehead atoms. The van der Waals surface area contributed by atoms with Crippen molar-refractivity contribution in [3.63, 3.8) is 0 Å². The molecule has 0 aliphatic heterocycles. The molecule has 23 heavy (non-hydrogen) atoms. The number of sulfone groups is 1. The van der Waals surface area contributed by atoms with Crippen LogP contribution >= 0.6 is 0 Å². The van der Waals surface area contributed by atoms with Crippen LogP contribution in [0.5, 0.6) is 0 Å². The van der Waals surface area contributed by atoms with Crippen LogP contribution in [0.3, 0.4) is 0 Å². The molecular weight excluding hydrogens is 314 g/mol. The molecule has 126 valence electrons. The summed E-state index contributed by atoms with van der Waals surface area (Å²) in [5.74, 6) is 0.233. The maximum Gasteiger partial charge on any atom is 0.335 e. The van der Waals surface area contributed by atoms with Crippen LogP contribution < -0.4 is 5.73 Å². The van der Waals surface area contributed by atoms with Crippen molar-refractivity contribution in [1.29, 1.82) is 0 Å². The van der Waals surface area contributed by atoms with Crippen molar-refractivity contribution in [3.8, 4) is 0 Å². The van der Waals surface area contributed by atoms with Crippen LogP contribution in [-0.4, -0.2) is 25.2 Å². The Bertz CT molecular complexity index is 754. The van der Waals surface area contributed by atoms with Gasteiger partial charge in [0.25, 0.3) is 0 Å². The van der Waals surface area contributed by atoms with Crippen LogP contribution in [0.2, 0.25) is 0 Å². The van der Waals surface area contributed by atoms with E-state index in [0.717, 1.165) is 36.0 Å². The Balaban J connectivity index is 2.08. The van der Waals surface area contributed by atoms with Gasteiger partial charge in [-0.25, -0.2) is 8.42 Å². The Morgan fingerprint density at radius 3 is 2.65 bits per heavy atom. The highest BCUT2D eigenvalue weighted by Crippen LogP contribution is 2.19. The zero-order chi connectivity index (χ0) is 16.9. The first kappa shape index (κ1) is 17.6. The van der Waals surface area contributed by atoms with Crippen molar-refractivity contribution in [2.45, 2.75) is 50.5 Å². The van der Waals surface area contributed by atoms with Gasteiger partial charge in [0.1, 0.15) is 0 Å². The maximum atomic E-state index is 12.4. The van der Waals surface area contributed by atoms with Crippen LogP contribution in [0, 0.1) is 13.8 Å². The lowest BCUT2D eigenvalue weighted by atomic mass is 10.1. The highest BCUT2D eigenvalue weighted by molar-refractivity contribution is 7.90. The van der Waals surface area contributed by atoms with E-state index in [1.54, 1.807) is 0 Å². The van der Waals surface area contributed by atoms with Gasteiger partial charge in [0.2, 0.25) is 15.7 Å². The second-order valence-electron chi connectivity index (χ2n) is 5.75. The summed E-state index contributed by atoms with van der Waals surface area (Å²) in [4.78, 5) is 0. The van der Waals surface area contributed by atoms with E-state index >= 15 is 0 Å². The van der Waals surface area contributed by atoms with Gasteiger partial charge in [-0.05, 0) is 44.4 Å². The first-order valence-corrected chi connectivity index (χ1v) is 9.39. The van der Waals surface area contributed by atoms with Crippen molar-refractivity contribution in [3.05, 3.63) is 40.8 Å². The van der Waals surface area contributed by atoms with Crippen LogP contribution in [0.4, 0.5) is 0 Å². The summed E-state index contributed by atoms with van der Waals surface area (Å²) < 4.78 is 30.2. The number of aryl methyl sites for hydroxylation is 3. The van der Waals surface area contributed by atoms with E-state index in [2.05, 4.69) is 10.2 Å². The largest absolute Gasteiger partial charge is 0.413 e. The molecule has 0 amide bonds. The monoisotopic (exact) mass is 337 g/mol. The lowest BCUT2D eigenvalue weighted by Gasteiger charge is -2.06. The first-order chi connectivity index (χ1) is 10.9. The maximum absolute atomic E-state index is 12.4. The third kappa shape index (κ3) is 4.87. The molecule has 2 rings (SSSR count). The van der Waals surface area contributed by atoms with Gasteiger partial charge in [-0.3, -0.25) is 0 Å². The number of benzene rings is 1. The van der Waals surface area contributed by atoms with E-state index in [-0.39, 0.29) is 11.0 Å². The number of rotatable bonds is 8. The number of nitrogens with two attached hydrogens (primary N) is 1. The summed E-state index contributed by atoms with van der Waals surface area (Å²) in [5, 5.41) is 7.24. The molecule has 7 heteroatoms. The zero-order valence-electron chi connectivity index (χ0n) is 13.6. The normalized spacial score (nSPS) is 11.8. The van der Waals surface area contributed by atoms with E-state index < -0.39 is 9.84 Å². The summed E-state index contributed by atoms with van der Waals surface area (Å²) in [5.41, 5.74) is 8.14. The van der Waals surface area contributed by atoms with Gasteiger partial charge in [0.15, 0.2) is 0 Å². The van der Waals surface area contributed by atoms with Gasteiger partial charge in [0, 0.05) is 6.42 Å². The number of hydrogen-bond acceptors (Lipinski definition) is 6. The quantitative estimate of drug-likeness (QED) is 0.742. The molecular formula is C16H23N3O3S. The first-order valence-electron chi connectivity index (χ1n) is 7.73. The van der Waals surface area contributed by atoms with Gasteiger partial charge < -0.3 is 10.2 Å². The molecule has 0 saturated heterocycles. The van der Waals surface area contributed by atoms with Gasteiger partial charge in [0.05, 0.1) is 5.75 Å². The standard InChI is InChI=1S/C16H23N3O3S/c1-12-7-8-13(2)14(10-12)11-23(20,21)16-19-18-15(22-16)6-4-3-5-9-17/h7-8,10H,3-6,9,11,17H2,1-2H3. The van der Waals surface area contributed by atoms with Crippen molar-refractivity contribution in [2.24, 2.45) is 5.73 Å². The Hall–Kier alpha value is -1.73. The average molecular weight is 337 g/mol. The molecule has 0 aliphatic rings. The molecule has 0 saturated carbocycles. The van der Waals surface area contributed by atoms with Gasteiger partial charge in [-0.15, -0.1) is 5.10 Å². The zero-order valence-corrected chi connectivity index (χ0v) is 14.4. The lowest BCUT2D eigenvalue weighted by Crippen LogP contribution is -2.07. The predicted molar refractivity (Wildman–Crippen MR) is 87.7 cm³/mol. The fourth-order valence-electron chi connectivity index (χ4n) is 2.28. The van der Waals surface area contributed by atoms with E-state index in [0.29, 0.717) is 18.9 Å². The minimum Gasteiger partial charge on any atom is -0.413 e. The van der Waals surface area contributed by atoms with Crippen LogP contribution in [0.1, 0.15) is 41.8 Å². The topological polar surface area (TPSA) is 99.1 Å². The summed E-state index contributed by atoms with van der Waals surface area (Å²) in [7, 11) is -3.63. The molecule has 0 fully saturated rings. The molecule has 2 N–H and O–H groups in total. The summed E-state index contributed by atoms with van der Waals surface area (Å²) in [6.45, 7) is 4.47. The average Bonchev–Trinajstić information content (AvgIpc) is 2.97. The second-order valence-corrected chi connectivity index (χ2v) is 7.62. The van der Waals surface area contributed by atoms with Crippen molar-refractivity contribution in [1.82, 2.24) is 10.2 Å². The number of nitrogens with zero attached hydrogens (tertiary/aromatic N) is 2. The van der Waals surface area contributed by atoms with Crippen LogP contribution in [0.25, 0.3) is 0 Å². The fraction of sp³-hybridized carbons (Fsp3) is 0.500. The molecule has 0 atom stereocenters. The van der Waals surface area contributed by atoms with E-state index in [9.17, 15) is 8.42 Å². The minimum atomic E-state index is -3.63. The third-order valence-electron chi connectivity index (χ3n) is 3.66. The summed E-state index contributed by atoms with van der Waals surface area (Å²) >= 11 is 0. The predicted octanol–water partition coefficient (Wildman–Crippen LogP) is 2.33. The molecule has 0 spiro atoms. The molecule has 1 aromatic heterocycles. The smallest absolute Gasteiger partial charge is 0.335 e. The summed E-state index contributed by atoms with van der Waals surface area (Å²) in [6.07, 6.45) is 3.33. The Morgan fingerprint density at radius 2 is 1.91 bits per heavy atom. The fourth-order valence-corrected chi connectivity index (χ4v) is 3.52. The molecule has 0 unspecified atom stereocenters. The van der Waals surface area contributed by atoms with E-state index in [4.69, 9.17) is 10.2 Å². The Kier molecular flexibility index (Phi) is 5.90. The lowest BCUT2D eigenvalue weighted by molar-refractivity contribution is 0.391. The van der Waals surface area contributed by atoms with E-state index in [1.807, 2.05) is 32.0 Å². The SMILES string of the molecule is Cc1ccc(C)c(CS(=O)(=O)c2nnc(CCCCCN)o2)c1. The number of unbranched alkanes of at least 4 members (excludes halogenated alkanes) is 2. The van der Waals surface area contributed by atoms with Crippen molar-refractivity contribution < 1.29 is 12.8 Å². The highest BCUT2D eigenvalue weighted by Gasteiger charge is 2.23. The molecule has 6 nitrogen and oxygen atoms in total. The molecule has 1 aromatic carbocycles. The van der Waals surface area contributed by atoms with Gasteiger partial charge in [-0.1, -0.05) is 35.3 Å². The van der Waals surface area contributed by atoms with Gasteiger partial charge in [-0.2, -0.15) is 0 Å². The molecule has 2 aromatic rings. The minimum absolute atomic E-state index is 0.130. The summed E-state index contributed by atoms with van der Waals surface area (Å²) in [6, 6.07) is 5.74. The van der Waals surface area contributed by atoms with Crippen LogP contribution in [0.15, 0.2) is 27.8 Å². The van der Waals surface area contributed by atoms with E-state index in [1.165, 1.54) is 0 Å².